The monoisotopic (exact) mass is 250 g/mol. The van der Waals surface area contributed by atoms with Crippen molar-refractivity contribution in [2.24, 2.45) is 5.92 Å². The topological polar surface area (TPSA) is 43.4 Å². The molecule has 0 radical (unpaired) electrons. The highest BCUT2D eigenvalue weighted by atomic mass is 16.5. The number of hydrogen-bond acceptors (Lipinski definition) is 4. The molecule has 2 rings (SSSR count). The molecule has 2 heterocycles. The van der Waals surface area contributed by atoms with Crippen molar-refractivity contribution in [2.75, 3.05) is 26.9 Å². The maximum atomic E-state index is 5.63. The second kappa shape index (κ2) is 6.71. The van der Waals surface area contributed by atoms with E-state index in [0.29, 0.717) is 12.0 Å². The molecule has 1 N–H and O–H groups in total. The summed E-state index contributed by atoms with van der Waals surface area (Å²) in [6, 6.07) is 2.38. The lowest BCUT2D eigenvalue weighted by Gasteiger charge is -2.22. The van der Waals surface area contributed by atoms with Crippen LogP contribution >= 0.6 is 0 Å². The van der Waals surface area contributed by atoms with E-state index in [9.17, 15) is 0 Å². The lowest BCUT2D eigenvalue weighted by Crippen LogP contribution is -2.25. The molecule has 1 aliphatic rings. The fourth-order valence-corrected chi connectivity index (χ4v) is 2.39. The Labute approximate surface area is 109 Å². The van der Waals surface area contributed by atoms with Crippen LogP contribution in [-0.2, 0) is 4.74 Å². The predicted octanol–water partition coefficient (Wildman–Crippen LogP) is 2.17. The third-order valence-corrected chi connectivity index (χ3v) is 3.31. The van der Waals surface area contributed by atoms with Crippen LogP contribution < -0.4 is 10.1 Å². The molecule has 2 atom stereocenters. The molecule has 0 aliphatic carbocycles. The molecular formula is C14H22N2O2. The summed E-state index contributed by atoms with van der Waals surface area (Å²) in [5, 5.41) is 3.37. The van der Waals surface area contributed by atoms with Gasteiger partial charge in [-0.2, -0.15) is 0 Å². The Balaban J connectivity index is 2.09. The van der Waals surface area contributed by atoms with E-state index in [-0.39, 0.29) is 0 Å². The molecule has 1 saturated heterocycles. The van der Waals surface area contributed by atoms with E-state index >= 15 is 0 Å². The fraction of sp³-hybridized carbons (Fsp3) is 0.643. The van der Waals surface area contributed by atoms with Crippen LogP contribution in [0.5, 0.6) is 5.75 Å². The first kappa shape index (κ1) is 13.3. The molecule has 2 unspecified atom stereocenters. The van der Waals surface area contributed by atoms with Gasteiger partial charge in [0.1, 0.15) is 5.75 Å². The average molecular weight is 250 g/mol. The summed E-state index contributed by atoms with van der Waals surface area (Å²) in [4.78, 5) is 4.27. The van der Waals surface area contributed by atoms with Gasteiger partial charge in [0.25, 0.3) is 0 Å². The van der Waals surface area contributed by atoms with Crippen LogP contribution in [0.25, 0.3) is 0 Å². The zero-order chi connectivity index (χ0) is 12.8. The van der Waals surface area contributed by atoms with Crippen molar-refractivity contribution in [1.82, 2.24) is 10.3 Å². The standard InChI is InChI=1S/C14H22N2O2/c1-3-5-18-13-7-12(8-16-9-13)14(15-2)11-4-6-17-10-11/h7-9,11,14-15H,3-6,10H2,1-2H3. The number of aromatic nitrogens is 1. The second-order valence-corrected chi connectivity index (χ2v) is 4.69. The van der Waals surface area contributed by atoms with Gasteiger partial charge in [-0.25, -0.2) is 0 Å². The Kier molecular flexibility index (Phi) is 4.96. The van der Waals surface area contributed by atoms with Crippen LogP contribution in [0.15, 0.2) is 18.5 Å². The van der Waals surface area contributed by atoms with Crippen LogP contribution in [0.1, 0.15) is 31.4 Å². The van der Waals surface area contributed by atoms with Crippen LogP contribution in [0.2, 0.25) is 0 Å². The first-order chi connectivity index (χ1) is 8.85. The summed E-state index contributed by atoms with van der Waals surface area (Å²) < 4.78 is 11.1. The van der Waals surface area contributed by atoms with Crippen LogP contribution in [0.3, 0.4) is 0 Å². The van der Waals surface area contributed by atoms with Crippen LogP contribution in [0.4, 0.5) is 0 Å². The summed E-state index contributed by atoms with van der Waals surface area (Å²) in [5.74, 6) is 1.38. The zero-order valence-electron chi connectivity index (χ0n) is 11.2. The van der Waals surface area contributed by atoms with Gasteiger partial charge >= 0.3 is 0 Å². The summed E-state index contributed by atoms with van der Waals surface area (Å²) >= 11 is 0. The molecule has 0 aromatic carbocycles. The molecule has 0 saturated carbocycles. The molecule has 0 amide bonds. The second-order valence-electron chi connectivity index (χ2n) is 4.69. The highest BCUT2D eigenvalue weighted by Crippen LogP contribution is 2.29. The summed E-state index contributed by atoms with van der Waals surface area (Å²) in [5.41, 5.74) is 1.18. The van der Waals surface area contributed by atoms with Gasteiger partial charge in [-0.05, 0) is 31.5 Å². The van der Waals surface area contributed by atoms with Crippen LogP contribution in [-0.4, -0.2) is 31.9 Å². The maximum absolute atomic E-state index is 5.63. The van der Waals surface area contributed by atoms with Crippen molar-refractivity contribution in [3.63, 3.8) is 0 Å². The van der Waals surface area contributed by atoms with Gasteiger partial charge in [0.05, 0.1) is 19.4 Å². The zero-order valence-corrected chi connectivity index (χ0v) is 11.2. The first-order valence-electron chi connectivity index (χ1n) is 6.68. The quantitative estimate of drug-likeness (QED) is 0.840. The minimum Gasteiger partial charge on any atom is -0.492 e. The van der Waals surface area contributed by atoms with Gasteiger partial charge in [-0.15, -0.1) is 0 Å². The molecule has 18 heavy (non-hydrogen) atoms. The van der Waals surface area contributed by atoms with E-state index in [4.69, 9.17) is 9.47 Å². The smallest absolute Gasteiger partial charge is 0.137 e. The molecule has 4 nitrogen and oxygen atoms in total. The minimum absolute atomic E-state index is 0.296. The summed E-state index contributed by atoms with van der Waals surface area (Å²) in [6.45, 7) is 4.53. The van der Waals surface area contributed by atoms with Crippen molar-refractivity contribution in [3.05, 3.63) is 24.0 Å². The Morgan fingerprint density at radius 1 is 1.56 bits per heavy atom. The largest absolute Gasteiger partial charge is 0.492 e. The third-order valence-electron chi connectivity index (χ3n) is 3.31. The normalized spacial score (nSPS) is 20.9. The van der Waals surface area contributed by atoms with Crippen molar-refractivity contribution in [1.29, 1.82) is 0 Å². The summed E-state index contributed by atoms with van der Waals surface area (Å²) in [6.07, 6.45) is 5.80. The Morgan fingerprint density at radius 3 is 3.11 bits per heavy atom. The lowest BCUT2D eigenvalue weighted by molar-refractivity contribution is 0.177. The Morgan fingerprint density at radius 2 is 2.44 bits per heavy atom. The average Bonchev–Trinajstić information content (AvgIpc) is 2.92. The SMILES string of the molecule is CCCOc1cncc(C(NC)C2CCOC2)c1. The van der Waals surface area contributed by atoms with Gasteiger partial charge in [0, 0.05) is 24.8 Å². The van der Waals surface area contributed by atoms with Crippen molar-refractivity contribution < 1.29 is 9.47 Å². The summed E-state index contributed by atoms with van der Waals surface area (Å²) in [7, 11) is 1.99. The third kappa shape index (κ3) is 3.21. The number of pyridine rings is 1. The predicted molar refractivity (Wildman–Crippen MR) is 70.7 cm³/mol. The van der Waals surface area contributed by atoms with E-state index in [1.807, 2.05) is 13.2 Å². The number of rotatable bonds is 6. The van der Waals surface area contributed by atoms with E-state index in [0.717, 1.165) is 38.4 Å². The maximum Gasteiger partial charge on any atom is 0.137 e. The van der Waals surface area contributed by atoms with Crippen molar-refractivity contribution in [3.8, 4) is 5.75 Å². The molecule has 1 fully saturated rings. The van der Waals surface area contributed by atoms with Gasteiger partial charge in [0.15, 0.2) is 0 Å². The van der Waals surface area contributed by atoms with E-state index < -0.39 is 0 Å². The Hall–Kier alpha value is -1.13. The van der Waals surface area contributed by atoms with Gasteiger partial charge < -0.3 is 14.8 Å². The lowest BCUT2D eigenvalue weighted by atomic mass is 9.93. The number of hydrogen-bond donors (Lipinski definition) is 1. The number of nitrogens with zero attached hydrogens (tertiary/aromatic N) is 1. The molecule has 1 aromatic heterocycles. The van der Waals surface area contributed by atoms with E-state index in [1.54, 1.807) is 6.20 Å². The molecule has 100 valence electrons. The van der Waals surface area contributed by atoms with Gasteiger partial charge in [0.2, 0.25) is 0 Å². The van der Waals surface area contributed by atoms with Crippen molar-refractivity contribution in [2.45, 2.75) is 25.8 Å². The number of ether oxygens (including phenoxy) is 2. The van der Waals surface area contributed by atoms with Crippen molar-refractivity contribution >= 4 is 0 Å². The van der Waals surface area contributed by atoms with E-state index in [2.05, 4.69) is 23.3 Å². The Bertz CT molecular complexity index is 365. The van der Waals surface area contributed by atoms with Gasteiger partial charge in [-0.3, -0.25) is 4.98 Å². The molecule has 1 aromatic rings. The molecule has 1 aliphatic heterocycles. The number of nitrogens with one attached hydrogen (secondary N) is 1. The van der Waals surface area contributed by atoms with Crippen LogP contribution in [0, 0.1) is 5.92 Å². The molecule has 4 heteroatoms. The highest BCUT2D eigenvalue weighted by molar-refractivity contribution is 5.26. The molecule has 0 spiro atoms. The fourth-order valence-electron chi connectivity index (χ4n) is 2.39. The van der Waals surface area contributed by atoms with E-state index in [1.165, 1.54) is 5.56 Å². The molecular weight excluding hydrogens is 228 g/mol. The minimum atomic E-state index is 0.296. The molecule has 0 bridgehead atoms. The van der Waals surface area contributed by atoms with Gasteiger partial charge in [-0.1, -0.05) is 6.92 Å². The first-order valence-corrected chi connectivity index (χ1v) is 6.68. The highest BCUT2D eigenvalue weighted by Gasteiger charge is 2.26.